The number of likely N-dealkylation sites (N-methyl/N-ethyl adjacent to an activating group) is 1. The number of nitrogens with zero attached hydrogens (tertiary/aromatic N) is 4. The van der Waals surface area contributed by atoms with Crippen molar-refractivity contribution in [2.75, 3.05) is 41.8 Å². The molecule has 0 bridgehead atoms. The number of benzene rings is 2. The summed E-state index contributed by atoms with van der Waals surface area (Å²) in [5.41, 5.74) is 4.46. The minimum absolute atomic E-state index is 0.726. The van der Waals surface area contributed by atoms with Crippen molar-refractivity contribution in [3.8, 4) is 0 Å². The van der Waals surface area contributed by atoms with E-state index in [1.54, 1.807) is 0 Å². The number of aromatic nitrogens is 3. The van der Waals surface area contributed by atoms with E-state index in [9.17, 15) is 0 Å². The van der Waals surface area contributed by atoms with Crippen LogP contribution in [0.5, 0.6) is 0 Å². The molecule has 0 radical (unpaired) electrons. The number of H-pyrrole nitrogens is 1. The van der Waals surface area contributed by atoms with Gasteiger partial charge in [0.15, 0.2) is 0 Å². The Hall–Kier alpha value is -3.25. The first-order valence-electron chi connectivity index (χ1n) is 12.0. The topological polar surface area (TPSA) is 60.1 Å². The Morgan fingerprint density at radius 3 is 2.71 bits per heavy atom. The molecule has 2 aromatic heterocycles. The fraction of sp³-hybridized carbons (Fsp3) is 0.333. The highest BCUT2D eigenvalue weighted by atomic mass is 35.5. The van der Waals surface area contributed by atoms with Crippen molar-refractivity contribution >= 4 is 45.8 Å². The van der Waals surface area contributed by atoms with Crippen LogP contribution in [-0.4, -0.2) is 41.6 Å². The Morgan fingerprint density at radius 1 is 1.06 bits per heavy atom. The highest BCUT2D eigenvalue weighted by molar-refractivity contribution is 6.31. The van der Waals surface area contributed by atoms with Gasteiger partial charge < -0.3 is 20.1 Å². The number of hydrogen-bond donors (Lipinski definition) is 2. The molecule has 176 valence electrons. The number of anilines is 4. The van der Waals surface area contributed by atoms with E-state index in [1.807, 2.05) is 25.1 Å². The summed E-state index contributed by atoms with van der Waals surface area (Å²) in [6, 6.07) is 16.5. The lowest BCUT2D eigenvalue weighted by molar-refractivity contribution is 0.573. The fourth-order valence-electron chi connectivity index (χ4n) is 4.49. The van der Waals surface area contributed by atoms with Crippen LogP contribution in [0.3, 0.4) is 0 Å². The van der Waals surface area contributed by atoms with E-state index in [1.165, 1.54) is 35.7 Å². The SMILES string of the molecule is Cc1ccc(Nc2cc(N3CCCCC3)nc(N(C)CCc3c[nH]c4ccccc34)n2)cc1Cl. The Balaban J connectivity index is 1.39. The second-order valence-electron chi connectivity index (χ2n) is 9.08. The van der Waals surface area contributed by atoms with Gasteiger partial charge in [0.1, 0.15) is 11.6 Å². The molecule has 34 heavy (non-hydrogen) atoms. The molecule has 3 heterocycles. The molecule has 7 heteroatoms. The summed E-state index contributed by atoms with van der Waals surface area (Å²) in [6.07, 6.45) is 6.70. The third-order valence-electron chi connectivity index (χ3n) is 6.56. The second kappa shape index (κ2) is 9.94. The van der Waals surface area contributed by atoms with Crippen LogP contribution in [0.1, 0.15) is 30.4 Å². The maximum absolute atomic E-state index is 6.35. The largest absolute Gasteiger partial charge is 0.361 e. The highest BCUT2D eigenvalue weighted by Crippen LogP contribution is 2.27. The van der Waals surface area contributed by atoms with Crippen molar-refractivity contribution in [3.05, 3.63) is 70.9 Å². The molecule has 5 rings (SSSR count). The van der Waals surface area contributed by atoms with E-state index < -0.39 is 0 Å². The highest BCUT2D eigenvalue weighted by Gasteiger charge is 2.17. The average Bonchev–Trinajstić information content (AvgIpc) is 3.28. The van der Waals surface area contributed by atoms with Gasteiger partial charge >= 0.3 is 0 Å². The van der Waals surface area contributed by atoms with Crippen LogP contribution >= 0.6 is 11.6 Å². The number of nitrogens with one attached hydrogen (secondary N) is 2. The summed E-state index contributed by atoms with van der Waals surface area (Å²) in [5, 5.41) is 5.46. The van der Waals surface area contributed by atoms with Gasteiger partial charge in [-0.2, -0.15) is 9.97 Å². The van der Waals surface area contributed by atoms with Crippen LogP contribution in [0.2, 0.25) is 5.02 Å². The van der Waals surface area contributed by atoms with Gasteiger partial charge in [-0.15, -0.1) is 0 Å². The van der Waals surface area contributed by atoms with E-state index in [0.717, 1.165) is 59.9 Å². The number of para-hydroxylation sites is 1. The third kappa shape index (κ3) is 4.97. The van der Waals surface area contributed by atoms with Crippen LogP contribution < -0.4 is 15.1 Å². The van der Waals surface area contributed by atoms with E-state index >= 15 is 0 Å². The summed E-state index contributed by atoms with van der Waals surface area (Å²) in [6.45, 7) is 4.89. The Morgan fingerprint density at radius 2 is 1.88 bits per heavy atom. The summed E-state index contributed by atoms with van der Waals surface area (Å²) in [7, 11) is 2.07. The first kappa shape index (κ1) is 22.5. The Bertz CT molecular complexity index is 1280. The fourth-order valence-corrected chi connectivity index (χ4v) is 4.67. The number of fused-ring (bicyclic) bond motifs is 1. The zero-order chi connectivity index (χ0) is 23.5. The standard InChI is InChI=1S/C27H31ClN6/c1-19-10-11-21(16-23(19)28)30-25-17-26(34-13-6-3-7-14-34)32-27(31-25)33(2)15-12-20-18-29-24-9-5-4-8-22(20)24/h4-5,8-11,16-18,29H,3,6-7,12-15H2,1-2H3,(H,30,31,32). The quantitative estimate of drug-likeness (QED) is 0.327. The molecule has 6 nitrogen and oxygen atoms in total. The van der Waals surface area contributed by atoms with Gasteiger partial charge in [0.25, 0.3) is 0 Å². The number of piperidine rings is 1. The molecule has 0 unspecified atom stereocenters. The van der Waals surface area contributed by atoms with Crippen LogP contribution in [0.4, 0.5) is 23.3 Å². The Kier molecular flexibility index (Phi) is 6.59. The molecule has 0 saturated carbocycles. The zero-order valence-corrected chi connectivity index (χ0v) is 20.6. The number of aryl methyl sites for hydroxylation is 1. The monoisotopic (exact) mass is 474 g/mol. The first-order valence-corrected chi connectivity index (χ1v) is 12.4. The molecule has 2 aromatic carbocycles. The van der Waals surface area contributed by atoms with Gasteiger partial charge in [-0.3, -0.25) is 0 Å². The molecule has 0 amide bonds. The molecule has 4 aromatic rings. The van der Waals surface area contributed by atoms with Crippen molar-refractivity contribution < 1.29 is 0 Å². The van der Waals surface area contributed by atoms with Crippen molar-refractivity contribution in [2.45, 2.75) is 32.6 Å². The Labute approximate surface area is 206 Å². The van der Waals surface area contributed by atoms with E-state index in [-0.39, 0.29) is 0 Å². The smallest absolute Gasteiger partial charge is 0.229 e. The second-order valence-corrected chi connectivity index (χ2v) is 9.49. The van der Waals surface area contributed by atoms with Gasteiger partial charge in [-0.1, -0.05) is 35.9 Å². The average molecular weight is 475 g/mol. The molecule has 0 spiro atoms. The third-order valence-corrected chi connectivity index (χ3v) is 6.97. The molecule has 0 aliphatic carbocycles. The van der Waals surface area contributed by atoms with Gasteiger partial charge in [-0.25, -0.2) is 0 Å². The minimum Gasteiger partial charge on any atom is -0.361 e. The molecular weight excluding hydrogens is 444 g/mol. The number of rotatable bonds is 7. The molecule has 1 fully saturated rings. The van der Waals surface area contributed by atoms with Crippen LogP contribution in [0.25, 0.3) is 10.9 Å². The predicted octanol–water partition coefficient (Wildman–Crippen LogP) is 6.33. The van der Waals surface area contributed by atoms with Crippen molar-refractivity contribution in [2.24, 2.45) is 0 Å². The van der Waals surface area contributed by atoms with Crippen LogP contribution in [-0.2, 0) is 6.42 Å². The molecule has 0 atom stereocenters. The van der Waals surface area contributed by atoms with E-state index in [2.05, 4.69) is 63.7 Å². The molecule has 1 saturated heterocycles. The molecular formula is C27H31ClN6. The zero-order valence-electron chi connectivity index (χ0n) is 19.8. The van der Waals surface area contributed by atoms with Crippen molar-refractivity contribution in [1.29, 1.82) is 0 Å². The van der Waals surface area contributed by atoms with Crippen molar-refractivity contribution in [1.82, 2.24) is 15.0 Å². The molecule has 1 aliphatic heterocycles. The maximum atomic E-state index is 6.35. The summed E-state index contributed by atoms with van der Waals surface area (Å²) >= 11 is 6.35. The summed E-state index contributed by atoms with van der Waals surface area (Å²) < 4.78 is 0. The maximum Gasteiger partial charge on any atom is 0.229 e. The number of aromatic amines is 1. The van der Waals surface area contributed by atoms with Crippen molar-refractivity contribution in [3.63, 3.8) is 0 Å². The summed E-state index contributed by atoms with van der Waals surface area (Å²) in [5.74, 6) is 2.48. The van der Waals surface area contributed by atoms with Gasteiger partial charge in [0.2, 0.25) is 5.95 Å². The lowest BCUT2D eigenvalue weighted by Gasteiger charge is -2.29. The van der Waals surface area contributed by atoms with Crippen LogP contribution in [0, 0.1) is 6.92 Å². The normalized spacial score (nSPS) is 13.9. The predicted molar refractivity (Wildman–Crippen MR) is 143 cm³/mol. The van der Waals surface area contributed by atoms with Gasteiger partial charge in [0, 0.05) is 60.6 Å². The lowest BCUT2D eigenvalue weighted by atomic mass is 10.1. The number of hydrogen-bond acceptors (Lipinski definition) is 5. The van der Waals surface area contributed by atoms with Crippen LogP contribution in [0.15, 0.2) is 54.7 Å². The molecule has 1 aliphatic rings. The lowest BCUT2D eigenvalue weighted by Crippen LogP contribution is -2.31. The minimum atomic E-state index is 0.726. The van der Waals surface area contributed by atoms with Gasteiger partial charge in [-0.05, 0) is 61.9 Å². The molecule has 2 N–H and O–H groups in total. The summed E-state index contributed by atoms with van der Waals surface area (Å²) in [4.78, 5) is 17.7. The van der Waals surface area contributed by atoms with E-state index in [4.69, 9.17) is 21.6 Å². The first-order chi connectivity index (χ1) is 16.6. The number of halogens is 1. The van der Waals surface area contributed by atoms with Gasteiger partial charge in [0.05, 0.1) is 0 Å². The van der Waals surface area contributed by atoms with E-state index in [0.29, 0.717) is 0 Å².